The minimum atomic E-state index is -0.422. The van der Waals surface area contributed by atoms with Crippen LogP contribution in [-0.2, 0) is 11.3 Å². The molecule has 0 aliphatic rings. The Balaban J connectivity index is 2.29. The molecule has 2 nitrogen and oxygen atoms in total. The zero-order valence-electron chi connectivity index (χ0n) is 10.5. The summed E-state index contributed by atoms with van der Waals surface area (Å²) in [6.45, 7) is 7.36. The first-order chi connectivity index (χ1) is 7.88. The molecular weight excluding hydrogens is 224 g/mol. The molecule has 1 aromatic rings. The maximum absolute atomic E-state index is 13.2. The summed E-state index contributed by atoms with van der Waals surface area (Å²) in [5.74, 6) is -0.815. The topological polar surface area (TPSA) is 21.3 Å². The number of nitrogens with one attached hydrogen (secondary N) is 1. The van der Waals surface area contributed by atoms with Crippen molar-refractivity contribution in [3.8, 4) is 0 Å². The van der Waals surface area contributed by atoms with Gasteiger partial charge in [-0.15, -0.1) is 0 Å². The summed E-state index contributed by atoms with van der Waals surface area (Å²) < 4.78 is 31.6. The van der Waals surface area contributed by atoms with Gasteiger partial charge in [0.2, 0.25) is 0 Å². The molecular formula is C13H19F2NO. The van der Waals surface area contributed by atoms with Gasteiger partial charge in [-0.1, -0.05) is 0 Å². The van der Waals surface area contributed by atoms with Crippen LogP contribution in [0.5, 0.6) is 0 Å². The fourth-order valence-electron chi connectivity index (χ4n) is 1.33. The van der Waals surface area contributed by atoms with Crippen LogP contribution in [0.25, 0.3) is 0 Å². The van der Waals surface area contributed by atoms with Crippen LogP contribution in [0.1, 0.15) is 26.3 Å². The van der Waals surface area contributed by atoms with Gasteiger partial charge in [0.1, 0.15) is 11.6 Å². The Morgan fingerprint density at radius 2 is 1.94 bits per heavy atom. The molecule has 1 rings (SSSR count). The predicted octanol–water partition coefficient (Wildman–Crippen LogP) is 2.87. The van der Waals surface area contributed by atoms with Crippen molar-refractivity contribution in [3.05, 3.63) is 35.4 Å². The summed E-state index contributed by atoms with van der Waals surface area (Å²) in [5, 5.41) is 3.01. The number of hydrogen-bond acceptors (Lipinski definition) is 2. The molecule has 96 valence electrons. The van der Waals surface area contributed by atoms with Crippen molar-refractivity contribution in [3.63, 3.8) is 0 Å². The van der Waals surface area contributed by atoms with Crippen LogP contribution < -0.4 is 5.32 Å². The van der Waals surface area contributed by atoms with E-state index in [2.05, 4.69) is 5.32 Å². The summed E-state index contributed by atoms with van der Waals surface area (Å²) in [4.78, 5) is 0. The highest BCUT2D eigenvalue weighted by Crippen LogP contribution is 2.09. The lowest BCUT2D eigenvalue weighted by molar-refractivity contribution is -0.000906. The van der Waals surface area contributed by atoms with Gasteiger partial charge < -0.3 is 10.1 Å². The third-order valence-electron chi connectivity index (χ3n) is 2.14. The highest BCUT2D eigenvalue weighted by molar-refractivity contribution is 5.18. The molecule has 17 heavy (non-hydrogen) atoms. The van der Waals surface area contributed by atoms with E-state index in [1.54, 1.807) is 0 Å². The second-order valence-electron chi connectivity index (χ2n) is 4.87. The first-order valence-electron chi connectivity index (χ1n) is 5.67. The fraction of sp³-hybridized carbons (Fsp3) is 0.538. The molecule has 0 radical (unpaired) electrons. The van der Waals surface area contributed by atoms with Gasteiger partial charge in [0.05, 0.1) is 12.2 Å². The van der Waals surface area contributed by atoms with E-state index < -0.39 is 11.6 Å². The van der Waals surface area contributed by atoms with Crippen molar-refractivity contribution in [1.29, 1.82) is 0 Å². The monoisotopic (exact) mass is 243 g/mol. The van der Waals surface area contributed by atoms with Crippen molar-refractivity contribution >= 4 is 0 Å². The maximum atomic E-state index is 13.2. The first kappa shape index (κ1) is 14.1. The summed E-state index contributed by atoms with van der Waals surface area (Å²) in [5.41, 5.74) is 0.159. The molecule has 0 saturated carbocycles. The van der Waals surface area contributed by atoms with Crippen molar-refractivity contribution in [2.45, 2.75) is 32.9 Å². The molecule has 0 bridgehead atoms. The third kappa shape index (κ3) is 5.75. The minimum Gasteiger partial charge on any atom is -0.375 e. The van der Waals surface area contributed by atoms with Crippen molar-refractivity contribution in [2.24, 2.45) is 0 Å². The van der Waals surface area contributed by atoms with Crippen LogP contribution in [0.3, 0.4) is 0 Å². The van der Waals surface area contributed by atoms with Crippen molar-refractivity contribution < 1.29 is 13.5 Å². The highest BCUT2D eigenvalue weighted by Gasteiger charge is 2.09. The Labute approximate surface area is 101 Å². The highest BCUT2D eigenvalue weighted by atomic mass is 19.1. The van der Waals surface area contributed by atoms with Crippen LogP contribution in [0.2, 0.25) is 0 Å². The average molecular weight is 243 g/mol. The summed E-state index contributed by atoms with van der Waals surface area (Å²) >= 11 is 0. The molecule has 1 N–H and O–H groups in total. The summed E-state index contributed by atoms with van der Waals surface area (Å²) in [6, 6.07) is 3.45. The fourth-order valence-corrected chi connectivity index (χ4v) is 1.33. The van der Waals surface area contributed by atoms with E-state index in [-0.39, 0.29) is 5.60 Å². The van der Waals surface area contributed by atoms with E-state index in [1.165, 1.54) is 6.07 Å². The molecule has 0 amide bonds. The lowest BCUT2D eigenvalue weighted by Gasteiger charge is -2.19. The van der Waals surface area contributed by atoms with Crippen molar-refractivity contribution in [1.82, 2.24) is 5.32 Å². The zero-order chi connectivity index (χ0) is 12.9. The summed E-state index contributed by atoms with van der Waals surface area (Å²) in [6.07, 6.45) is 0. The van der Waals surface area contributed by atoms with Crippen LogP contribution >= 0.6 is 0 Å². The Morgan fingerprint density at radius 3 is 2.59 bits per heavy atom. The second-order valence-corrected chi connectivity index (χ2v) is 4.87. The molecule has 0 spiro atoms. The van der Waals surface area contributed by atoms with Gasteiger partial charge in [-0.25, -0.2) is 8.78 Å². The van der Waals surface area contributed by atoms with E-state index >= 15 is 0 Å². The van der Waals surface area contributed by atoms with Gasteiger partial charge in [-0.05, 0) is 39.0 Å². The number of hydrogen-bond donors (Lipinski definition) is 1. The summed E-state index contributed by atoms with van der Waals surface area (Å²) in [7, 11) is 0. The second kappa shape index (κ2) is 6.07. The third-order valence-corrected chi connectivity index (χ3v) is 2.14. The molecule has 4 heteroatoms. The largest absolute Gasteiger partial charge is 0.375 e. The van der Waals surface area contributed by atoms with E-state index in [1.807, 2.05) is 20.8 Å². The first-order valence-corrected chi connectivity index (χ1v) is 5.67. The SMILES string of the molecule is CC(C)(C)OCCNCc1cc(F)ccc1F. The molecule has 1 aromatic carbocycles. The molecule has 0 saturated heterocycles. The van der Waals surface area contributed by atoms with Gasteiger partial charge in [0.15, 0.2) is 0 Å². The van der Waals surface area contributed by atoms with Gasteiger partial charge in [-0.2, -0.15) is 0 Å². The lowest BCUT2D eigenvalue weighted by Crippen LogP contribution is -2.26. The zero-order valence-corrected chi connectivity index (χ0v) is 10.5. The maximum Gasteiger partial charge on any atom is 0.127 e. The van der Waals surface area contributed by atoms with Crippen LogP contribution in [0.15, 0.2) is 18.2 Å². The standard InChI is InChI=1S/C13H19F2NO/c1-13(2,3)17-7-6-16-9-10-8-11(14)4-5-12(10)15/h4-5,8,16H,6-7,9H2,1-3H3. The van der Waals surface area contributed by atoms with Crippen LogP contribution in [0.4, 0.5) is 8.78 Å². The molecule has 0 aliphatic carbocycles. The van der Waals surface area contributed by atoms with Gasteiger partial charge in [0.25, 0.3) is 0 Å². The van der Waals surface area contributed by atoms with E-state index in [0.29, 0.717) is 25.3 Å². The molecule has 0 heterocycles. The predicted molar refractivity (Wildman–Crippen MR) is 63.8 cm³/mol. The number of rotatable bonds is 5. The minimum absolute atomic E-state index is 0.175. The lowest BCUT2D eigenvalue weighted by atomic mass is 10.2. The average Bonchev–Trinajstić information content (AvgIpc) is 2.21. The Morgan fingerprint density at radius 1 is 1.24 bits per heavy atom. The van der Waals surface area contributed by atoms with E-state index in [4.69, 9.17) is 4.74 Å². The van der Waals surface area contributed by atoms with Crippen molar-refractivity contribution in [2.75, 3.05) is 13.2 Å². The molecule has 0 aromatic heterocycles. The molecule has 0 fully saturated rings. The smallest absolute Gasteiger partial charge is 0.127 e. The molecule has 0 aliphatic heterocycles. The van der Waals surface area contributed by atoms with E-state index in [0.717, 1.165) is 12.1 Å². The van der Waals surface area contributed by atoms with E-state index in [9.17, 15) is 8.78 Å². The van der Waals surface area contributed by atoms with Gasteiger partial charge >= 0.3 is 0 Å². The van der Waals surface area contributed by atoms with Crippen LogP contribution in [-0.4, -0.2) is 18.8 Å². The van der Waals surface area contributed by atoms with Crippen LogP contribution in [0, 0.1) is 11.6 Å². The Kier molecular flexibility index (Phi) is 5.02. The van der Waals surface area contributed by atoms with Gasteiger partial charge in [0, 0.05) is 18.7 Å². The number of ether oxygens (including phenoxy) is 1. The quantitative estimate of drug-likeness (QED) is 0.803. The molecule has 0 atom stereocenters. The normalized spacial score (nSPS) is 11.8. The molecule has 0 unspecified atom stereocenters. The Bertz CT molecular complexity index is 361. The number of halogens is 2. The Hall–Kier alpha value is -1.00. The van der Waals surface area contributed by atoms with Gasteiger partial charge in [-0.3, -0.25) is 0 Å². The number of benzene rings is 1.